The quantitative estimate of drug-likeness (QED) is 0.798. The van der Waals surface area contributed by atoms with Crippen molar-refractivity contribution < 1.29 is 9.53 Å². The third kappa shape index (κ3) is 4.76. The highest BCUT2D eigenvalue weighted by Gasteiger charge is 2.03. The topological polar surface area (TPSA) is 41.6 Å². The first kappa shape index (κ1) is 13.4. The van der Waals surface area contributed by atoms with E-state index in [2.05, 4.69) is 12.2 Å². The molecule has 0 fully saturated rings. The van der Waals surface area contributed by atoms with Crippen LogP contribution in [0.2, 0.25) is 0 Å². The molecule has 0 aliphatic heterocycles. The molecule has 0 radical (unpaired) electrons. The third-order valence-electron chi connectivity index (χ3n) is 2.28. The number of rotatable bonds is 5. The highest BCUT2D eigenvalue weighted by atomic mass is 16.5. The largest absolute Gasteiger partial charge is 0.494 e. The number of urea groups is 1. The number of carbonyl (C=O) groups excluding carboxylic acids is 1. The summed E-state index contributed by atoms with van der Waals surface area (Å²) >= 11 is 0. The van der Waals surface area contributed by atoms with E-state index < -0.39 is 0 Å². The molecule has 0 saturated heterocycles. The van der Waals surface area contributed by atoms with Crippen LogP contribution in [0.4, 0.5) is 10.5 Å². The van der Waals surface area contributed by atoms with E-state index in [1.807, 2.05) is 24.3 Å². The number of hydrogen-bond acceptors (Lipinski definition) is 2. The Kier molecular flexibility index (Phi) is 5.33. The van der Waals surface area contributed by atoms with Crippen LogP contribution in [0.1, 0.15) is 19.8 Å². The van der Waals surface area contributed by atoms with Crippen molar-refractivity contribution in [2.24, 2.45) is 0 Å². The van der Waals surface area contributed by atoms with Crippen LogP contribution < -0.4 is 10.1 Å². The van der Waals surface area contributed by atoms with Gasteiger partial charge in [-0.1, -0.05) is 13.3 Å². The fourth-order valence-electron chi connectivity index (χ4n) is 1.20. The molecule has 0 aliphatic rings. The second kappa shape index (κ2) is 6.78. The van der Waals surface area contributed by atoms with Gasteiger partial charge in [-0.15, -0.1) is 0 Å². The van der Waals surface area contributed by atoms with Crippen LogP contribution in [0.3, 0.4) is 0 Å². The molecule has 94 valence electrons. The lowest BCUT2D eigenvalue weighted by Crippen LogP contribution is -2.27. The number of nitrogens with zero attached hydrogens (tertiary/aromatic N) is 1. The number of hydrogen-bond donors (Lipinski definition) is 1. The normalized spacial score (nSPS) is 9.82. The molecular formula is C13H20N2O2. The monoisotopic (exact) mass is 236 g/mol. The Morgan fingerprint density at radius 1 is 1.29 bits per heavy atom. The van der Waals surface area contributed by atoms with Crippen LogP contribution in [-0.2, 0) is 0 Å². The van der Waals surface area contributed by atoms with Gasteiger partial charge in [0, 0.05) is 19.8 Å². The van der Waals surface area contributed by atoms with E-state index in [0.29, 0.717) is 0 Å². The van der Waals surface area contributed by atoms with Gasteiger partial charge in [-0.2, -0.15) is 0 Å². The Morgan fingerprint density at radius 3 is 2.47 bits per heavy atom. The minimum atomic E-state index is -0.135. The van der Waals surface area contributed by atoms with Crippen LogP contribution in [-0.4, -0.2) is 31.6 Å². The average molecular weight is 236 g/mol. The summed E-state index contributed by atoms with van der Waals surface area (Å²) in [6, 6.07) is 7.26. The molecule has 0 heterocycles. The van der Waals surface area contributed by atoms with E-state index in [9.17, 15) is 4.79 Å². The molecule has 2 amide bonds. The van der Waals surface area contributed by atoms with Crippen molar-refractivity contribution in [1.29, 1.82) is 0 Å². The molecule has 0 atom stereocenters. The number of amides is 2. The number of carbonyl (C=O) groups is 1. The SMILES string of the molecule is CCCCOc1ccc(NC(=O)N(C)C)cc1. The van der Waals surface area contributed by atoms with Crippen LogP contribution in [0.25, 0.3) is 0 Å². The molecule has 1 rings (SSSR count). The van der Waals surface area contributed by atoms with Gasteiger partial charge in [-0.25, -0.2) is 4.79 Å². The van der Waals surface area contributed by atoms with Crippen molar-refractivity contribution in [3.05, 3.63) is 24.3 Å². The first-order valence-electron chi connectivity index (χ1n) is 5.84. The third-order valence-corrected chi connectivity index (χ3v) is 2.28. The fourth-order valence-corrected chi connectivity index (χ4v) is 1.20. The number of nitrogens with one attached hydrogen (secondary N) is 1. The Hall–Kier alpha value is -1.71. The number of ether oxygens (including phenoxy) is 1. The molecule has 1 aromatic carbocycles. The molecule has 0 bridgehead atoms. The van der Waals surface area contributed by atoms with Gasteiger partial charge in [-0.05, 0) is 30.7 Å². The maximum Gasteiger partial charge on any atom is 0.321 e. The van der Waals surface area contributed by atoms with Crippen LogP contribution in [0, 0.1) is 0 Å². The van der Waals surface area contributed by atoms with Crippen LogP contribution in [0.15, 0.2) is 24.3 Å². The Morgan fingerprint density at radius 2 is 1.94 bits per heavy atom. The minimum absolute atomic E-state index is 0.135. The van der Waals surface area contributed by atoms with Gasteiger partial charge in [0.25, 0.3) is 0 Å². The van der Waals surface area contributed by atoms with E-state index in [4.69, 9.17) is 4.74 Å². The maximum absolute atomic E-state index is 11.4. The Balaban J connectivity index is 2.47. The summed E-state index contributed by atoms with van der Waals surface area (Å²) in [5, 5.41) is 2.77. The minimum Gasteiger partial charge on any atom is -0.494 e. The zero-order valence-electron chi connectivity index (χ0n) is 10.7. The molecule has 1 aromatic rings. The zero-order chi connectivity index (χ0) is 12.7. The van der Waals surface area contributed by atoms with E-state index >= 15 is 0 Å². The number of unbranched alkanes of at least 4 members (excludes halogenated alkanes) is 1. The molecule has 0 saturated carbocycles. The highest BCUT2D eigenvalue weighted by molar-refractivity contribution is 5.88. The van der Waals surface area contributed by atoms with E-state index in [0.717, 1.165) is 30.9 Å². The summed E-state index contributed by atoms with van der Waals surface area (Å²) in [6.45, 7) is 2.86. The first-order valence-corrected chi connectivity index (χ1v) is 5.84. The molecule has 17 heavy (non-hydrogen) atoms. The lowest BCUT2D eigenvalue weighted by molar-refractivity contribution is 0.230. The van der Waals surface area contributed by atoms with Crippen molar-refractivity contribution >= 4 is 11.7 Å². The summed E-state index contributed by atoms with van der Waals surface area (Å²) in [7, 11) is 3.41. The highest BCUT2D eigenvalue weighted by Crippen LogP contribution is 2.16. The molecular weight excluding hydrogens is 216 g/mol. The first-order chi connectivity index (χ1) is 8.13. The van der Waals surface area contributed by atoms with Crippen molar-refractivity contribution in [2.75, 3.05) is 26.0 Å². The number of anilines is 1. The standard InChI is InChI=1S/C13H20N2O2/c1-4-5-10-17-12-8-6-11(7-9-12)14-13(16)15(2)3/h6-9H,4-5,10H2,1-3H3,(H,14,16). The maximum atomic E-state index is 11.4. The Bertz CT molecular complexity index is 347. The van der Waals surface area contributed by atoms with E-state index in [1.54, 1.807) is 14.1 Å². The summed E-state index contributed by atoms with van der Waals surface area (Å²) in [5.74, 6) is 0.835. The van der Waals surface area contributed by atoms with Crippen molar-refractivity contribution in [1.82, 2.24) is 4.90 Å². The lowest BCUT2D eigenvalue weighted by Gasteiger charge is -2.12. The van der Waals surface area contributed by atoms with Gasteiger partial charge in [0.15, 0.2) is 0 Å². The molecule has 4 heteroatoms. The fraction of sp³-hybridized carbons (Fsp3) is 0.462. The van der Waals surface area contributed by atoms with Crippen molar-refractivity contribution in [2.45, 2.75) is 19.8 Å². The van der Waals surface area contributed by atoms with E-state index in [-0.39, 0.29) is 6.03 Å². The molecule has 0 unspecified atom stereocenters. The molecule has 1 N–H and O–H groups in total. The van der Waals surface area contributed by atoms with Gasteiger partial charge in [0.05, 0.1) is 6.61 Å². The van der Waals surface area contributed by atoms with Crippen molar-refractivity contribution in [3.63, 3.8) is 0 Å². The molecule has 0 aliphatic carbocycles. The summed E-state index contributed by atoms with van der Waals surface area (Å²) < 4.78 is 5.53. The predicted molar refractivity (Wildman–Crippen MR) is 69.6 cm³/mol. The van der Waals surface area contributed by atoms with Gasteiger partial charge in [0.2, 0.25) is 0 Å². The predicted octanol–water partition coefficient (Wildman–Crippen LogP) is 2.96. The van der Waals surface area contributed by atoms with Gasteiger partial charge < -0.3 is 15.0 Å². The van der Waals surface area contributed by atoms with Crippen molar-refractivity contribution in [3.8, 4) is 5.75 Å². The zero-order valence-corrected chi connectivity index (χ0v) is 10.7. The molecule has 4 nitrogen and oxygen atoms in total. The summed E-state index contributed by atoms with van der Waals surface area (Å²) in [6.07, 6.45) is 2.18. The Labute approximate surface area is 103 Å². The second-order valence-electron chi connectivity index (χ2n) is 4.05. The summed E-state index contributed by atoms with van der Waals surface area (Å²) in [4.78, 5) is 12.9. The van der Waals surface area contributed by atoms with Gasteiger partial charge in [-0.3, -0.25) is 0 Å². The summed E-state index contributed by atoms with van der Waals surface area (Å²) in [5.41, 5.74) is 0.770. The van der Waals surface area contributed by atoms with Gasteiger partial charge in [0.1, 0.15) is 5.75 Å². The second-order valence-corrected chi connectivity index (χ2v) is 4.05. The van der Waals surface area contributed by atoms with E-state index in [1.165, 1.54) is 4.90 Å². The molecule has 0 spiro atoms. The van der Waals surface area contributed by atoms with Gasteiger partial charge >= 0.3 is 6.03 Å². The van der Waals surface area contributed by atoms with Crippen LogP contribution in [0.5, 0.6) is 5.75 Å². The smallest absolute Gasteiger partial charge is 0.321 e. The molecule has 0 aromatic heterocycles. The average Bonchev–Trinajstić information content (AvgIpc) is 2.31. The number of benzene rings is 1. The van der Waals surface area contributed by atoms with Crippen LogP contribution >= 0.6 is 0 Å². The lowest BCUT2D eigenvalue weighted by atomic mass is 10.3.